The van der Waals surface area contributed by atoms with E-state index in [0.717, 1.165) is 0 Å². The van der Waals surface area contributed by atoms with Gasteiger partial charge < -0.3 is 10.6 Å². The minimum absolute atomic E-state index is 0.0540. The molecule has 0 unspecified atom stereocenters. The van der Waals surface area contributed by atoms with Crippen molar-refractivity contribution in [3.63, 3.8) is 0 Å². The van der Waals surface area contributed by atoms with Gasteiger partial charge >= 0.3 is 0 Å². The molecule has 2 N–H and O–H groups in total. The van der Waals surface area contributed by atoms with E-state index in [1.165, 1.54) is 24.5 Å². The second kappa shape index (κ2) is 7.84. The molecule has 0 aliphatic rings. The second-order valence-electron chi connectivity index (χ2n) is 4.74. The molecule has 0 bridgehead atoms. The Bertz CT molecular complexity index is 731. The molecule has 0 aliphatic carbocycles. The minimum Gasteiger partial charge on any atom is -0.349 e. The van der Waals surface area contributed by atoms with Crippen molar-refractivity contribution in [3.8, 4) is 0 Å². The highest BCUT2D eigenvalue weighted by molar-refractivity contribution is 5.99. The molecule has 5 nitrogen and oxygen atoms in total. The summed E-state index contributed by atoms with van der Waals surface area (Å²) in [6, 6.07) is 7.62. The maximum absolute atomic E-state index is 13.5. The van der Waals surface area contributed by atoms with E-state index in [-0.39, 0.29) is 29.4 Å². The fourth-order valence-corrected chi connectivity index (χ4v) is 1.87. The van der Waals surface area contributed by atoms with Crippen molar-refractivity contribution in [3.05, 3.63) is 77.9 Å². The van der Waals surface area contributed by atoms with Gasteiger partial charge in [-0.05, 0) is 12.1 Å². The lowest BCUT2D eigenvalue weighted by atomic mass is 10.1. The Morgan fingerprint density at radius 3 is 2.43 bits per heavy atom. The first kappa shape index (κ1) is 16.4. The molecule has 2 rings (SSSR count). The summed E-state index contributed by atoms with van der Waals surface area (Å²) in [4.78, 5) is 27.8. The maximum atomic E-state index is 13.5. The lowest BCUT2D eigenvalue weighted by Gasteiger charge is -2.07. The van der Waals surface area contributed by atoms with E-state index >= 15 is 0 Å². The first-order chi connectivity index (χ1) is 11.1. The predicted octanol–water partition coefficient (Wildman–Crippen LogP) is 2.07. The average molecular weight is 313 g/mol. The number of hydrogen-bond acceptors (Lipinski definition) is 3. The molecule has 1 aromatic heterocycles. The van der Waals surface area contributed by atoms with Crippen LogP contribution >= 0.6 is 0 Å². The van der Waals surface area contributed by atoms with Crippen LogP contribution in [0.15, 0.2) is 55.4 Å². The number of nitrogens with zero attached hydrogens (tertiary/aromatic N) is 1. The van der Waals surface area contributed by atoms with Crippen LogP contribution in [0.25, 0.3) is 0 Å². The molecule has 0 saturated heterocycles. The Balaban J connectivity index is 2.03. The third kappa shape index (κ3) is 4.47. The summed E-state index contributed by atoms with van der Waals surface area (Å²) in [5, 5.41) is 5.20. The lowest BCUT2D eigenvalue weighted by Crippen LogP contribution is -2.26. The number of rotatable bonds is 6. The van der Waals surface area contributed by atoms with Gasteiger partial charge in [-0.1, -0.05) is 24.3 Å². The van der Waals surface area contributed by atoms with Gasteiger partial charge in [0.15, 0.2) is 0 Å². The Labute approximate surface area is 133 Å². The second-order valence-corrected chi connectivity index (χ2v) is 4.74. The predicted molar refractivity (Wildman–Crippen MR) is 84.3 cm³/mol. The van der Waals surface area contributed by atoms with Crippen molar-refractivity contribution >= 4 is 11.8 Å². The Morgan fingerprint density at radius 1 is 1.13 bits per heavy atom. The SMILES string of the molecule is C=CCNC(=O)c1cncc(C(=O)NCc2ccccc2F)c1. The summed E-state index contributed by atoms with van der Waals surface area (Å²) in [6.07, 6.45) is 4.27. The summed E-state index contributed by atoms with van der Waals surface area (Å²) in [5.74, 6) is -1.16. The molecule has 2 aromatic rings. The highest BCUT2D eigenvalue weighted by Crippen LogP contribution is 2.07. The molecule has 0 fully saturated rings. The van der Waals surface area contributed by atoms with Crippen LogP contribution in [0.3, 0.4) is 0 Å². The molecule has 6 heteroatoms. The number of carbonyl (C=O) groups excluding carboxylic acids is 2. The monoisotopic (exact) mass is 313 g/mol. The van der Waals surface area contributed by atoms with Gasteiger partial charge in [-0.25, -0.2) is 4.39 Å². The van der Waals surface area contributed by atoms with Crippen molar-refractivity contribution in [2.75, 3.05) is 6.54 Å². The van der Waals surface area contributed by atoms with Crippen molar-refractivity contribution in [2.24, 2.45) is 0 Å². The van der Waals surface area contributed by atoms with Crippen LogP contribution in [0, 0.1) is 5.82 Å². The van der Waals surface area contributed by atoms with Gasteiger partial charge in [0, 0.05) is 31.0 Å². The van der Waals surface area contributed by atoms with E-state index in [0.29, 0.717) is 12.1 Å². The Kier molecular flexibility index (Phi) is 5.57. The molecule has 0 saturated carbocycles. The van der Waals surface area contributed by atoms with E-state index < -0.39 is 5.91 Å². The fraction of sp³-hybridized carbons (Fsp3) is 0.118. The van der Waals surface area contributed by atoms with Gasteiger partial charge in [0.05, 0.1) is 11.1 Å². The van der Waals surface area contributed by atoms with E-state index in [2.05, 4.69) is 22.2 Å². The summed E-state index contributed by atoms with van der Waals surface area (Å²) in [5.41, 5.74) is 0.881. The zero-order valence-electron chi connectivity index (χ0n) is 12.4. The topological polar surface area (TPSA) is 71.1 Å². The van der Waals surface area contributed by atoms with E-state index in [9.17, 15) is 14.0 Å². The van der Waals surface area contributed by atoms with E-state index in [4.69, 9.17) is 0 Å². The number of pyridine rings is 1. The normalized spacial score (nSPS) is 9.96. The lowest BCUT2D eigenvalue weighted by molar-refractivity contribution is 0.0950. The van der Waals surface area contributed by atoms with E-state index in [1.807, 2.05) is 0 Å². The zero-order chi connectivity index (χ0) is 16.7. The summed E-state index contributed by atoms with van der Waals surface area (Å²) >= 11 is 0. The molecule has 1 aromatic carbocycles. The molecular formula is C17H16FN3O2. The molecule has 2 amide bonds. The van der Waals surface area contributed by atoms with Crippen LogP contribution in [0.2, 0.25) is 0 Å². The quantitative estimate of drug-likeness (QED) is 0.802. The van der Waals surface area contributed by atoms with Crippen LogP contribution in [0.5, 0.6) is 0 Å². The third-order valence-electron chi connectivity index (χ3n) is 3.07. The standard InChI is InChI=1S/C17H16FN3O2/c1-2-7-20-16(22)13-8-14(10-19-9-13)17(23)21-11-12-5-3-4-6-15(12)18/h2-6,8-10H,1,7,11H2,(H,20,22)(H,21,23). The molecule has 1 heterocycles. The number of carbonyl (C=O) groups is 2. The Hall–Kier alpha value is -3.02. The molecule has 0 spiro atoms. The smallest absolute Gasteiger partial charge is 0.253 e. The van der Waals surface area contributed by atoms with Crippen LogP contribution in [-0.2, 0) is 6.54 Å². The average Bonchev–Trinajstić information content (AvgIpc) is 2.58. The maximum Gasteiger partial charge on any atom is 0.253 e. The van der Waals surface area contributed by atoms with Gasteiger partial charge in [-0.15, -0.1) is 6.58 Å². The molecular weight excluding hydrogens is 297 g/mol. The van der Waals surface area contributed by atoms with Gasteiger partial charge in [0.2, 0.25) is 0 Å². The number of benzene rings is 1. The molecule has 0 aliphatic heterocycles. The summed E-state index contributed by atoms with van der Waals surface area (Å²) in [6.45, 7) is 3.88. The van der Waals surface area contributed by atoms with Crippen LogP contribution in [0.1, 0.15) is 26.3 Å². The van der Waals surface area contributed by atoms with Crippen LogP contribution in [-0.4, -0.2) is 23.3 Å². The van der Waals surface area contributed by atoms with Crippen molar-refractivity contribution in [1.29, 1.82) is 0 Å². The molecule has 118 valence electrons. The van der Waals surface area contributed by atoms with Gasteiger partial charge in [-0.3, -0.25) is 14.6 Å². The first-order valence-corrected chi connectivity index (χ1v) is 6.97. The summed E-state index contributed by atoms with van der Waals surface area (Å²) < 4.78 is 13.5. The molecule has 0 radical (unpaired) electrons. The van der Waals surface area contributed by atoms with Crippen LogP contribution in [0.4, 0.5) is 4.39 Å². The number of aromatic nitrogens is 1. The van der Waals surface area contributed by atoms with Crippen LogP contribution < -0.4 is 10.6 Å². The third-order valence-corrected chi connectivity index (χ3v) is 3.07. The van der Waals surface area contributed by atoms with Crippen molar-refractivity contribution in [1.82, 2.24) is 15.6 Å². The largest absolute Gasteiger partial charge is 0.349 e. The zero-order valence-corrected chi connectivity index (χ0v) is 12.4. The summed E-state index contributed by atoms with van der Waals surface area (Å²) in [7, 11) is 0. The highest BCUT2D eigenvalue weighted by atomic mass is 19.1. The van der Waals surface area contributed by atoms with Gasteiger partial charge in [0.25, 0.3) is 11.8 Å². The fourth-order valence-electron chi connectivity index (χ4n) is 1.87. The molecule has 23 heavy (non-hydrogen) atoms. The van der Waals surface area contributed by atoms with Gasteiger partial charge in [0.1, 0.15) is 5.82 Å². The minimum atomic E-state index is -0.431. The van der Waals surface area contributed by atoms with Crippen molar-refractivity contribution in [2.45, 2.75) is 6.54 Å². The number of nitrogens with one attached hydrogen (secondary N) is 2. The molecule has 0 atom stereocenters. The van der Waals surface area contributed by atoms with E-state index in [1.54, 1.807) is 24.3 Å². The number of halogens is 1. The Morgan fingerprint density at radius 2 is 1.78 bits per heavy atom. The van der Waals surface area contributed by atoms with Crippen molar-refractivity contribution < 1.29 is 14.0 Å². The number of hydrogen-bond donors (Lipinski definition) is 2. The highest BCUT2D eigenvalue weighted by Gasteiger charge is 2.11. The number of amides is 2. The van der Waals surface area contributed by atoms with Gasteiger partial charge in [-0.2, -0.15) is 0 Å². The first-order valence-electron chi connectivity index (χ1n) is 6.97.